The van der Waals surface area contributed by atoms with Crippen molar-refractivity contribution < 1.29 is 17.9 Å². The number of aromatic nitrogens is 3. The van der Waals surface area contributed by atoms with E-state index in [1.54, 1.807) is 12.1 Å². The molecule has 2 aromatic heterocycles. The van der Waals surface area contributed by atoms with Crippen LogP contribution in [0.3, 0.4) is 0 Å². The summed E-state index contributed by atoms with van der Waals surface area (Å²) in [6.07, 6.45) is 0.848. The number of nitrogens with one attached hydrogen (secondary N) is 3. The van der Waals surface area contributed by atoms with Crippen molar-refractivity contribution in [2.75, 3.05) is 30.3 Å². The summed E-state index contributed by atoms with van der Waals surface area (Å²) in [7, 11) is -3.74. The first-order valence-electron chi connectivity index (χ1n) is 12.6. The fourth-order valence-electron chi connectivity index (χ4n) is 4.29. The number of amides is 1. The van der Waals surface area contributed by atoms with Crippen molar-refractivity contribution in [3.05, 3.63) is 66.2 Å². The lowest BCUT2D eigenvalue weighted by molar-refractivity contribution is -0.119. The third-order valence-corrected chi connectivity index (χ3v) is 7.30. The van der Waals surface area contributed by atoms with E-state index in [-0.39, 0.29) is 16.7 Å². The van der Waals surface area contributed by atoms with E-state index >= 15 is 0 Å². The van der Waals surface area contributed by atoms with E-state index in [9.17, 15) is 13.2 Å². The number of hydrogen-bond donors (Lipinski definition) is 4. The topological polar surface area (TPSA) is 161 Å². The maximum Gasteiger partial charge on any atom is 0.245 e. The Morgan fingerprint density at radius 2 is 1.82 bits per heavy atom. The van der Waals surface area contributed by atoms with Crippen LogP contribution in [0, 0.1) is 5.92 Å². The Kier molecular flexibility index (Phi) is 7.68. The maximum absolute atomic E-state index is 12.4. The number of sulfonamides is 1. The molecule has 4 aromatic rings. The molecule has 1 atom stereocenters. The quantitative estimate of drug-likeness (QED) is 0.247. The molecule has 1 amide bonds. The molecule has 2 aromatic carbocycles. The highest BCUT2D eigenvalue weighted by Crippen LogP contribution is 2.27. The Hall–Kier alpha value is -4.13. The van der Waals surface area contributed by atoms with E-state index in [0.717, 1.165) is 35.5 Å². The zero-order valence-electron chi connectivity index (χ0n) is 21.3. The smallest absolute Gasteiger partial charge is 0.245 e. The lowest BCUT2D eigenvalue weighted by Gasteiger charge is -2.12. The number of fused-ring (bicyclic) bond motifs is 1. The Bertz CT molecular complexity index is 1590. The highest BCUT2D eigenvalue weighted by Gasteiger charge is 2.22. The molecule has 1 saturated heterocycles. The molecule has 1 fully saturated rings. The van der Waals surface area contributed by atoms with Gasteiger partial charge in [0, 0.05) is 24.3 Å². The number of ether oxygens (including phenoxy) is 1. The summed E-state index contributed by atoms with van der Waals surface area (Å²) in [6, 6.07) is 17.5. The van der Waals surface area contributed by atoms with Gasteiger partial charge in [0.05, 0.1) is 28.6 Å². The van der Waals surface area contributed by atoms with Crippen molar-refractivity contribution in [2.24, 2.45) is 11.1 Å². The average Bonchev–Trinajstić information content (AvgIpc) is 3.48. The number of hydrogen-bond acceptors (Lipinski definition) is 9. The molecule has 0 saturated carbocycles. The maximum atomic E-state index is 12.4. The van der Waals surface area contributed by atoms with Crippen LogP contribution in [0.1, 0.15) is 18.9 Å². The monoisotopic (exact) mass is 547 g/mol. The normalized spacial score (nSPS) is 15.3. The zero-order valence-corrected chi connectivity index (χ0v) is 22.2. The second-order valence-electron chi connectivity index (χ2n) is 9.15. The van der Waals surface area contributed by atoms with Gasteiger partial charge in [-0.15, -0.1) is 0 Å². The highest BCUT2D eigenvalue weighted by atomic mass is 32.2. The van der Waals surface area contributed by atoms with Crippen molar-refractivity contribution in [1.82, 2.24) is 20.3 Å². The van der Waals surface area contributed by atoms with Crippen LogP contribution in [-0.2, 0) is 21.4 Å². The van der Waals surface area contributed by atoms with Crippen molar-refractivity contribution in [2.45, 2.75) is 24.8 Å². The average molecular weight is 548 g/mol. The fourth-order valence-corrected chi connectivity index (χ4v) is 4.81. The molecule has 1 aliphatic heterocycles. The van der Waals surface area contributed by atoms with Crippen molar-refractivity contribution in [1.29, 1.82) is 0 Å². The van der Waals surface area contributed by atoms with E-state index in [1.807, 2.05) is 43.3 Å². The Balaban J connectivity index is 1.33. The van der Waals surface area contributed by atoms with Crippen molar-refractivity contribution in [3.8, 4) is 17.1 Å². The summed E-state index contributed by atoms with van der Waals surface area (Å²) in [5.41, 5.74) is 4.31. The molecule has 202 valence electrons. The molecular formula is C27H29N7O4S. The van der Waals surface area contributed by atoms with E-state index in [1.165, 1.54) is 12.1 Å². The van der Waals surface area contributed by atoms with Crippen LogP contribution in [-0.4, -0.2) is 49.0 Å². The van der Waals surface area contributed by atoms with Crippen LogP contribution >= 0.6 is 0 Å². The van der Waals surface area contributed by atoms with E-state index in [2.05, 4.69) is 25.9 Å². The number of nitrogens with two attached hydrogens (primary N) is 1. The molecule has 0 radical (unpaired) electrons. The first-order chi connectivity index (χ1) is 18.8. The van der Waals surface area contributed by atoms with Crippen LogP contribution in [0.2, 0.25) is 0 Å². The van der Waals surface area contributed by atoms with Crippen molar-refractivity contribution >= 4 is 38.6 Å². The van der Waals surface area contributed by atoms with Gasteiger partial charge < -0.3 is 20.7 Å². The van der Waals surface area contributed by atoms with E-state index in [4.69, 9.17) is 14.9 Å². The van der Waals surface area contributed by atoms with Gasteiger partial charge in [0.15, 0.2) is 5.52 Å². The van der Waals surface area contributed by atoms with Gasteiger partial charge in [0.1, 0.15) is 0 Å². The number of anilines is 2. The van der Waals surface area contributed by atoms with Gasteiger partial charge in [-0.1, -0.05) is 24.3 Å². The standard InChI is InChI=1S/C27H29N7O4S/c1-2-38-26-24-23(33-27(34-26)30-15-17-3-9-21(10-4-17)39(28,36)37)12-11-22(32-24)18-5-7-20(8-6-18)31-25(35)19-13-14-29-16-19/h3-12,19,29H,2,13-16H2,1H3,(H,31,35)(H2,28,36,37)(H,30,33,34)/t19-/m0/s1. The number of benzene rings is 2. The second kappa shape index (κ2) is 11.3. The second-order valence-corrected chi connectivity index (χ2v) is 10.7. The molecule has 0 aliphatic carbocycles. The highest BCUT2D eigenvalue weighted by molar-refractivity contribution is 7.89. The van der Waals surface area contributed by atoms with Gasteiger partial charge in [0.25, 0.3) is 0 Å². The van der Waals surface area contributed by atoms with Crippen LogP contribution in [0.25, 0.3) is 22.3 Å². The van der Waals surface area contributed by atoms with Gasteiger partial charge >= 0.3 is 0 Å². The van der Waals surface area contributed by atoms with Gasteiger partial charge in [-0.2, -0.15) is 4.98 Å². The molecule has 5 N–H and O–H groups in total. The lowest BCUT2D eigenvalue weighted by Crippen LogP contribution is -2.24. The molecule has 12 heteroatoms. The minimum Gasteiger partial charge on any atom is -0.476 e. The summed E-state index contributed by atoms with van der Waals surface area (Å²) in [4.78, 5) is 26.3. The minimum absolute atomic E-state index is 0.00118. The summed E-state index contributed by atoms with van der Waals surface area (Å²) < 4.78 is 28.7. The van der Waals surface area contributed by atoms with Gasteiger partial charge in [-0.05, 0) is 61.9 Å². The molecular weight excluding hydrogens is 518 g/mol. The number of carbonyl (C=O) groups excluding carboxylic acids is 1. The third kappa shape index (κ3) is 6.30. The van der Waals surface area contributed by atoms with Crippen molar-refractivity contribution in [3.63, 3.8) is 0 Å². The van der Waals surface area contributed by atoms with Crippen LogP contribution in [0.5, 0.6) is 5.88 Å². The van der Waals surface area contributed by atoms with Gasteiger partial charge in [-0.25, -0.2) is 23.5 Å². The zero-order chi connectivity index (χ0) is 27.4. The molecule has 3 heterocycles. The first-order valence-corrected chi connectivity index (χ1v) is 14.1. The molecule has 11 nitrogen and oxygen atoms in total. The SMILES string of the molecule is CCOc1nc(NCc2ccc(S(N)(=O)=O)cc2)nc2ccc(-c3ccc(NC(=O)[C@H]4CCNC4)cc3)nc12. The molecule has 5 rings (SSSR count). The lowest BCUT2D eigenvalue weighted by atomic mass is 10.1. The summed E-state index contributed by atoms with van der Waals surface area (Å²) in [6.45, 7) is 4.21. The van der Waals surface area contributed by atoms with Crippen LogP contribution in [0.15, 0.2) is 65.6 Å². The summed E-state index contributed by atoms with van der Waals surface area (Å²) in [5.74, 6) is 0.734. The van der Waals surface area contributed by atoms with Crippen LogP contribution < -0.4 is 25.8 Å². The van der Waals surface area contributed by atoms with E-state index < -0.39 is 10.0 Å². The minimum atomic E-state index is -3.74. The fraction of sp³-hybridized carbons (Fsp3) is 0.259. The molecule has 0 spiro atoms. The summed E-state index contributed by atoms with van der Waals surface area (Å²) in [5, 5.41) is 14.5. The number of primary sulfonamides is 1. The number of nitrogens with zero attached hydrogens (tertiary/aromatic N) is 3. The Labute approximate surface area is 226 Å². The van der Waals surface area contributed by atoms with E-state index in [0.29, 0.717) is 42.6 Å². The molecule has 39 heavy (non-hydrogen) atoms. The Morgan fingerprint density at radius 3 is 2.49 bits per heavy atom. The largest absolute Gasteiger partial charge is 0.476 e. The predicted molar refractivity (Wildman–Crippen MR) is 149 cm³/mol. The van der Waals surface area contributed by atoms with Gasteiger partial charge in [-0.3, -0.25) is 4.79 Å². The third-order valence-electron chi connectivity index (χ3n) is 6.37. The predicted octanol–water partition coefficient (Wildman–Crippen LogP) is 2.90. The number of pyridine rings is 1. The molecule has 1 aliphatic rings. The van der Waals surface area contributed by atoms with Crippen LogP contribution in [0.4, 0.5) is 11.6 Å². The molecule has 0 bridgehead atoms. The molecule has 0 unspecified atom stereocenters. The first kappa shape index (κ1) is 26.5. The van der Waals surface area contributed by atoms with Gasteiger partial charge in [0.2, 0.25) is 27.8 Å². The Morgan fingerprint density at radius 1 is 1.05 bits per heavy atom. The number of rotatable bonds is 9. The number of carbonyl (C=O) groups is 1. The summed E-state index contributed by atoms with van der Waals surface area (Å²) >= 11 is 0.